The molecule has 2 amide bonds. The minimum absolute atomic E-state index is 0.0212. The summed E-state index contributed by atoms with van der Waals surface area (Å²) in [5.41, 5.74) is 2.94. The van der Waals surface area contributed by atoms with Gasteiger partial charge in [0.05, 0.1) is 12.7 Å². The quantitative estimate of drug-likeness (QED) is 0.741. The number of urea groups is 1. The van der Waals surface area contributed by atoms with Gasteiger partial charge in [-0.2, -0.15) is 5.10 Å². The van der Waals surface area contributed by atoms with Gasteiger partial charge >= 0.3 is 6.03 Å². The van der Waals surface area contributed by atoms with Gasteiger partial charge in [0, 0.05) is 55.7 Å². The second-order valence-corrected chi connectivity index (χ2v) is 7.21. The molecule has 142 valence electrons. The number of aromatic nitrogens is 2. The molecule has 0 bridgehead atoms. The summed E-state index contributed by atoms with van der Waals surface area (Å²) in [7, 11) is 1.87. The summed E-state index contributed by atoms with van der Waals surface area (Å²) in [6.45, 7) is 3.50. The summed E-state index contributed by atoms with van der Waals surface area (Å²) < 4.78 is 7.61. The van der Waals surface area contributed by atoms with Crippen LogP contribution in [0.4, 0.5) is 4.79 Å². The summed E-state index contributed by atoms with van der Waals surface area (Å²) in [4.78, 5) is 14.4. The minimum Gasteiger partial charge on any atom is -0.459 e. The number of carbonyl (C=O) groups excluding carboxylic acids is 1. The molecule has 2 aromatic heterocycles. The number of benzene rings is 1. The molecule has 0 radical (unpaired) electrons. The number of aliphatic hydroxyl groups excluding tert-OH is 1. The van der Waals surface area contributed by atoms with Gasteiger partial charge in [-0.25, -0.2) is 4.79 Å². The van der Waals surface area contributed by atoms with Crippen LogP contribution in [0.3, 0.4) is 0 Å². The van der Waals surface area contributed by atoms with E-state index in [4.69, 9.17) is 4.42 Å². The average Bonchev–Trinajstić information content (AvgIpc) is 3.37. The summed E-state index contributed by atoms with van der Waals surface area (Å²) in [6, 6.07) is 7.72. The fourth-order valence-corrected chi connectivity index (χ4v) is 3.89. The lowest BCUT2D eigenvalue weighted by Crippen LogP contribution is -2.38. The molecular formula is C20H24N4O3. The van der Waals surface area contributed by atoms with Crippen molar-refractivity contribution in [3.8, 4) is 0 Å². The standard InChI is InChI=1S/C20H24N4O3/c1-13-16-5-3-4-6-18(16)27-19(13)8-21-20(26)24-10-15(12-25)17(11-24)14-7-22-23(2)9-14/h3-7,9,15,17,25H,8,10-12H2,1-2H3,(H,21,26)/t15-,17-/m0/s1. The van der Waals surface area contributed by atoms with Gasteiger partial charge in [0.2, 0.25) is 0 Å². The second-order valence-electron chi connectivity index (χ2n) is 7.21. The van der Waals surface area contributed by atoms with Crippen molar-refractivity contribution in [1.82, 2.24) is 20.0 Å². The van der Waals surface area contributed by atoms with Gasteiger partial charge in [0.1, 0.15) is 11.3 Å². The maximum Gasteiger partial charge on any atom is 0.317 e. The third-order valence-electron chi connectivity index (χ3n) is 5.46. The van der Waals surface area contributed by atoms with E-state index in [1.807, 2.05) is 50.6 Å². The van der Waals surface area contributed by atoms with Crippen LogP contribution in [-0.4, -0.2) is 45.5 Å². The van der Waals surface area contributed by atoms with Gasteiger partial charge < -0.3 is 19.7 Å². The van der Waals surface area contributed by atoms with Crippen molar-refractivity contribution in [2.45, 2.75) is 19.4 Å². The lowest BCUT2D eigenvalue weighted by atomic mass is 9.92. The number of fused-ring (bicyclic) bond motifs is 1. The number of likely N-dealkylation sites (tertiary alicyclic amines) is 1. The Morgan fingerprint density at radius 2 is 2.19 bits per heavy atom. The normalized spacial score (nSPS) is 19.7. The third kappa shape index (κ3) is 3.30. The molecule has 0 unspecified atom stereocenters. The zero-order chi connectivity index (χ0) is 19.0. The molecular weight excluding hydrogens is 344 g/mol. The van der Waals surface area contributed by atoms with E-state index in [0.29, 0.717) is 19.6 Å². The third-order valence-corrected chi connectivity index (χ3v) is 5.46. The molecule has 1 saturated heterocycles. The van der Waals surface area contributed by atoms with Crippen molar-refractivity contribution in [1.29, 1.82) is 0 Å². The fraction of sp³-hybridized carbons (Fsp3) is 0.400. The number of para-hydroxylation sites is 1. The lowest BCUT2D eigenvalue weighted by molar-refractivity contribution is 0.196. The van der Waals surface area contributed by atoms with E-state index in [1.54, 1.807) is 9.58 Å². The second kappa shape index (κ2) is 7.08. The molecule has 1 aromatic carbocycles. The molecule has 3 aromatic rings. The van der Waals surface area contributed by atoms with Crippen molar-refractivity contribution in [3.05, 3.63) is 53.5 Å². The van der Waals surface area contributed by atoms with E-state index in [2.05, 4.69) is 10.4 Å². The predicted octanol–water partition coefficient (Wildman–Crippen LogP) is 2.39. The Bertz CT molecular complexity index is 961. The smallest absolute Gasteiger partial charge is 0.317 e. The maximum absolute atomic E-state index is 12.7. The molecule has 7 nitrogen and oxygen atoms in total. The van der Waals surface area contributed by atoms with Crippen molar-refractivity contribution < 1.29 is 14.3 Å². The zero-order valence-electron chi connectivity index (χ0n) is 15.6. The molecule has 4 rings (SSSR count). The fourth-order valence-electron chi connectivity index (χ4n) is 3.89. The van der Waals surface area contributed by atoms with Crippen LogP contribution >= 0.6 is 0 Å². The van der Waals surface area contributed by atoms with Crippen LogP contribution < -0.4 is 5.32 Å². The van der Waals surface area contributed by atoms with E-state index in [1.165, 1.54) is 0 Å². The number of furan rings is 1. The number of carbonyl (C=O) groups is 1. The Labute approximate surface area is 157 Å². The number of aliphatic hydroxyl groups is 1. The number of nitrogens with zero attached hydrogens (tertiary/aromatic N) is 3. The molecule has 0 spiro atoms. The predicted molar refractivity (Wildman–Crippen MR) is 101 cm³/mol. The Morgan fingerprint density at radius 3 is 2.89 bits per heavy atom. The first-order valence-electron chi connectivity index (χ1n) is 9.16. The van der Waals surface area contributed by atoms with Crippen LogP contribution in [-0.2, 0) is 13.6 Å². The largest absolute Gasteiger partial charge is 0.459 e. The van der Waals surface area contributed by atoms with E-state index in [-0.39, 0.29) is 24.5 Å². The van der Waals surface area contributed by atoms with Crippen LogP contribution in [0.15, 0.2) is 41.1 Å². The van der Waals surface area contributed by atoms with Crippen LogP contribution in [0.5, 0.6) is 0 Å². The Hall–Kier alpha value is -2.80. The average molecular weight is 368 g/mol. The molecule has 1 fully saturated rings. The molecule has 1 aliphatic rings. The van der Waals surface area contributed by atoms with E-state index >= 15 is 0 Å². The Balaban J connectivity index is 1.43. The van der Waals surface area contributed by atoms with Crippen LogP contribution in [0.25, 0.3) is 11.0 Å². The van der Waals surface area contributed by atoms with Crippen LogP contribution in [0, 0.1) is 12.8 Å². The monoisotopic (exact) mass is 368 g/mol. The topological polar surface area (TPSA) is 83.5 Å². The van der Waals surface area contributed by atoms with Gasteiger partial charge in [0.15, 0.2) is 0 Å². The SMILES string of the molecule is Cc1c(CNC(=O)N2C[C@@H](CO)[C@H](c3cnn(C)c3)C2)oc2ccccc12. The van der Waals surface area contributed by atoms with E-state index in [9.17, 15) is 9.90 Å². The van der Waals surface area contributed by atoms with Gasteiger partial charge in [-0.1, -0.05) is 18.2 Å². The first-order chi connectivity index (χ1) is 13.1. The summed E-state index contributed by atoms with van der Waals surface area (Å²) in [6.07, 6.45) is 3.76. The molecule has 1 aliphatic heterocycles. The minimum atomic E-state index is -0.139. The number of nitrogens with one attached hydrogen (secondary N) is 1. The number of hydrogen-bond acceptors (Lipinski definition) is 4. The highest BCUT2D eigenvalue weighted by molar-refractivity contribution is 5.82. The highest BCUT2D eigenvalue weighted by Crippen LogP contribution is 2.32. The number of hydrogen-bond donors (Lipinski definition) is 2. The first kappa shape index (κ1) is 17.6. The number of aryl methyl sites for hydroxylation is 2. The maximum atomic E-state index is 12.7. The molecule has 2 atom stereocenters. The number of rotatable bonds is 4. The molecule has 3 heterocycles. The van der Waals surface area contributed by atoms with E-state index < -0.39 is 0 Å². The van der Waals surface area contributed by atoms with Crippen molar-refractivity contribution >= 4 is 17.0 Å². The molecule has 27 heavy (non-hydrogen) atoms. The van der Waals surface area contributed by atoms with E-state index in [0.717, 1.165) is 27.9 Å². The first-order valence-corrected chi connectivity index (χ1v) is 9.16. The van der Waals surface area contributed by atoms with Gasteiger partial charge in [0.25, 0.3) is 0 Å². The molecule has 0 saturated carbocycles. The van der Waals surface area contributed by atoms with Crippen molar-refractivity contribution in [2.75, 3.05) is 19.7 Å². The van der Waals surface area contributed by atoms with Gasteiger partial charge in [-0.05, 0) is 18.6 Å². The molecule has 7 heteroatoms. The zero-order valence-corrected chi connectivity index (χ0v) is 15.6. The van der Waals surface area contributed by atoms with Crippen molar-refractivity contribution in [2.24, 2.45) is 13.0 Å². The summed E-state index contributed by atoms with van der Waals surface area (Å²) in [5, 5.41) is 18.0. The number of amides is 2. The lowest BCUT2D eigenvalue weighted by Gasteiger charge is -2.16. The molecule has 2 N–H and O–H groups in total. The highest BCUT2D eigenvalue weighted by atomic mass is 16.3. The Morgan fingerprint density at radius 1 is 1.37 bits per heavy atom. The summed E-state index contributed by atoms with van der Waals surface area (Å²) >= 11 is 0. The highest BCUT2D eigenvalue weighted by Gasteiger charge is 2.36. The van der Waals surface area contributed by atoms with Crippen LogP contribution in [0.1, 0.15) is 22.8 Å². The van der Waals surface area contributed by atoms with Crippen molar-refractivity contribution in [3.63, 3.8) is 0 Å². The molecule has 0 aliphatic carbocycles. The van der Waals surface area contributed by atoms with Gasteiger partial charge in [-0.15, -0.1) is 0 Å². The van der Waals surface area contributed by atoms with Gasteiger partial charge in [-0.3, -0.25) is 4.68 Å². The summed E-state index contributed by atoms with van der Waals surface area (Å²) in [5.74, 6) is 0.890. The Kier molecular flexibility index (Phi) is 4.61. The van der Waals surface area contributed by atoms with Crippen LogP contribution in [0.2, 0.25) is 0 Å².